The van der Waals surface area contributed by atoms with Crippen molar-refractivity contribution in [2.24, 2.45) is 11.7 Å². The van der Waals surface area contributed by atoms with Gasteiger partial charge in [-0.25, -0.2) is 9.59 Å². The quantitative estimate of drug-likeness (QED) is 0.350. The van der Waals surface area contributed by atoms with Crippen molar-refractivity contribution in [1.82, 2.24) is 16.0 Å². The number of amides is 3. The Morgan fingerprint density at radius 1 is 1.04 bits per heavy atom. The molecule has 0 aromatic rings. The summed E-state index contributed by atoms with van der Waals surface area (Å²) < 4.78 is 0. The van der Waals surface area contributed by atoms with Crippen LogP contribution in [0.1, 0.15) is 46.5 Å². The lowest BCUT2D eigenvalue weighted by molar-refractivity contribution is -0.139. The van der Waals surface area contributed by atoms with Crippen molar-refractivity contribution in [3.05, 3.63) is 0 Å². The van der Waals surface area contributed by atoms with E-state index in [1.54, 1.807) is 6.92 Å². The van der Waals surface area contributed by atoms with Gasteiger partial charge in [0.25, 0.3) is 0 Å². The van der Waals surface area contributed by atoms with Crippen LogP contribution in [0.15, 0.2) is 0 Å². The largest absolute Gasteiger partial charge is 0.480 e. The molecule has 0 heterocycles. The number of carboxylic acid groups (broad SMARTS) is 1. The molecule has 134 valence electrons. The van der Waals surface area contributed by atoms with E-state index in [0.29, 0.717) is 38.3 Å². The zero-order valence-electron chi connectivity index (χ0n) is 14.2. The normalized spacial score (nSPS) is 13.3. The first-order chi connectivity index (χ1) is 10.8. The third-order valence-corrected chi connectivity index (χ3v) is 3.31. The predicted octanol–water partition coefficient (Wildman–Crippen LogP) is 0.419. The smallest absolute Gasteiger partial charge is 0.326 e. The number of carbonyl (C=O) groups is 3. The molecule has 23 heavy (non-hydrogen) atoms. The first-order valence-corrected chi connectivity index (χ1v) is 8.05. The zero-order valence-corrected chi connectivity index (χ0v) is 14.2. The molecule has 0 saturated carbocycles. The molecule has 0 radical (unpaired) electrons. The molecule has 0 aromatic carbocycles. The van der Waals surface area contributed by atoms with Crippen LogP contribution < -0.4 is 21.7 Å². The Labute approximate surface area is 137 Å². The Morgan fingerprint density at radius 3 is 2.22 bits per heavy atom. The van der Waals surface area contributed by atoms with Crippen molar-refractivity contribution in [2.45, 2.75) is 58.5 Å². The summed E-state index contributed by atoms with van der Waals surface area (Å²) >= 11 is 0. The fourth-order valence-corrected chi connectivity index (χ4v) is 1.85. The Bertz CT molecular complexity index is 388. The summed E-state index contributed by atoms with van der Waals surface area (Å²) in [7, 11) is 0. The molecular formula is C15H30N4O4. The molecule has 0 rings (SSSR count). The maximum Gasteiger partial charge on any atom is 0.326 e. The van der Waals surface area contributed by atoms with E-state index < -0.39 is 24.1 Å². The fraction of sp³-hybridized carbons (Fsp3) is 0.800. The number of urea groups is 1. The summed E-state index contributed by atoms with van der Waals surface area (Å²) in [5, 5.41) is 16.6. The van der Waals surface area contributed by atoms with E-state index in [1.165, 1.54) is 0 Å². The van der Waals surface area contributed by atoms with Crippen molar-refractivity contribution >= 4 is 17.9 Å². The summed E-state index contributed by atoms with van der Waals surface area (Å²) in [6.07, 6.45) is 2.46. The molecule has 0 aromatic heterocycles. The molecular weight excluding hydrogens is 300 g/mol. The first-order valence-electron chi connectivity index (χ1n) is 8.05. The van der Waals surface area contributed by atoms with E-state index in [2.05, 4.69) is 29.8 Å². The van der Waals surface area contributed by atoms with Crippen LogP contribution >= 0.6 is 0 Å². The SMILES string of the molecule is CC(C)CCNC(=O)[C@@H](C)NC(=O)N[C@@H](CCCCN)C(=O)O. The second-order valence-electron chi connectivity index (χ2n) is 5.99. The van der Waals surface area contributed by atoms with E-state index in [0.717, 1.165) is 6.42 Å². The third kappa shape index (κ3) is 10.5. The fourth-order valence-electron chi connectivity index (χ4n) is 1.85. The second kappa shape index (κ2) is 11.7. The van der Waals surface area contributed by atoms with Gasteiger partial charge >= 0.3 is 12.0 Å². The Kier molecular flexibility index (Phi) is 10.8. The summed E-state index contributed by atoms with van der Waals surface area (Å²) in [5.41, 5.74) is 5.36. The van der Waals surface area contributed by atoms with Crippen molar-refractivity contribution in [2.75, 3.05) is 13.1 Å². The molecule has 0 fully saturated rings. The lowest BCUT2D eigenvalue weighted by Crippen LogP contribution is -2.52. The number of carboxylic acids is 1. The van der Waals surface area contributed by atoms with Gasteiger partial charge in [0, 0.05) is 6.54 Å². The number of nitrogens with one attached hydrogen (secondary N) is 3. The summed E-state index contributed by atoms with van der Waals surface area (Å²) in [6, 6.07) is -2.39. The van der Waals surface area contributed by atoms with Crippen molar-refractivity contribution in [3.8, 4) is 0 Å². The molecule has 0 aliphatic rings. The summed E-state index contributed by atoms with van der Waals surface area (Å²) in [5.74, 6) is -0.922. The molecule has 0 aliphatic carbocycles. The summed E-state index contributed by atoms with van der Waals surface area (Å²) in [4.78, 5) is 34.7. The molecule has 8 heteroatoms. The highest BCUT2D eigenvalue weighted by Crippen LogP contribution is 2.01. The highest BCUT2D eigenvalue weighted by Gasteiger charge is 2.21. The molecule has 2 atom stereocenters. The van der Waals surface area contributed by atoms with Crippen LogP contribution in [-0.4, -0.2) is 48.2 Å². The van der Waals surface area contributed by atoms with E-state index in [4.69, 9.17) is 10.8 Å². The van der Waals surface area contributed by atoms with E-state index in [9.17, 15) is 14.4 Å². The highest BCUT2D eigenvalue weighted by atomic mass is 16.4. The minimum atomic E-state index is -1.11. The van der Waals surface area contributed by atoms with Crippen molar-refractivity contribution in [3.63, 3.8) is 0 Å². The molecule has 8 nitrogen and oxygen atoms in total. The van der Waals surface area contributed by atoms with E-state index in [1.807, 2.05) is 0 Å². The molecule has 3 amide bonds. The lowest BCUT2D eigenvalue weighted by Gasteiger charge is -2.18. The van der Waals surface area contributed by atoms with Crippen molar-refractivity contribution < 1.29 is 19.5 Å². The predicted molar refractivity (Wildman–Crippen MR) is 87.9 cm³/mol. The van der Waals surface area contributed by atoms with Gasteiger partial charge in [0.05, 0.1) is 0 Å². The van der Waals surface area contributed by atoms with Gasteiger partial charge in [-0.05, 0) is 45.1 Å². The van der Waals surface area contributed by atoms with Gasteiger partial charge in [0.15, 0.2) is 0 Å². The van der Waals surface area contributed by atoms with Gasteiger partial charge < -0.3 is 26.8 Å². The van der Waals surface area contributed by atoms with Gasteiger partial charge in [0.2, 0.25) is 5.91 Å². The standard InChI is InChI=1S/C15H30N4O4/c1-10(2)7-9-17-13(20)11(3)18-15(23)19-12(14(21)22)6-4-5-8-16/h10-12H,4-9,16H2,1-3H3,(H,17,20)(H,21,22)(H2,18,19,23)/t11-,12+/m1/s1. The average Bonchev–Trinajstić information content (AvgIpc) is 2.45. The van der Waals surface area contributed by atoms with Crippen LogP contribution in [0, 0.1) is 5.92 Å². The van der Waals surface area contributed by atoms with Crippen LogP contribution in [0.25, 0.3) is 0 Å². The van der Waals surface area contributed by atoms with Gasteiger partial charge in [0.1, 0.15) is 12.1 Å². The van der Waals surface area contributed by atoms with E-state index in [-0.39, 0.29) is 5.91 Å². The number of unbranched alkanes of at least 4 members (excludes halogenated alkanes) is 1. The maximum absolute atomic E-state index is 11.8. The van der Waals surface area contributed by atoms with Crippen LogP contribution in [0.5, 0.6) is 0 Å². The van der Waals surface area contributed by atoms with Crippen LogP contribution in [0.3, 0.4) is 0 Å². The number of hydrogen-bond acceptors (Lipinski definition) is 4. The maximum atomic E-state index is 11.8. The number of hydrogen-bond donors (Lipinski definition) is 5. The number of rotatable bonds is 11. The number of nitrogens with two attached hydrogens (primary N) is 1. The first kappa shape index (κ1) is 21.2. The van der Waals surface area contributed by atoms with Gasteiger partial charge in [-0.15, -0.1) is 0 Å². The number of aliphatic carboxylic acids is 1. The topological polar surface area (TPSA) is 134 Å². The van der Waals surface area contributed by atoms with Gasteiger partial charge in [-0.1, -0.05) is 13.8 Å². The van der Waals surface area contributed by atoms with E-state index >= 15 is 0 Å². The second-order valence-corrected chi connectivity index (χ2v) is 5.99. The molecule has 0 bridgehead atoms. The Balaban J connectivity index is 4.22. The molecule has 0 aliphatic heterocycles. The Hall–Kier alpha value is -1.83. The molecule has 6 N–H and O–H groups in total. The van der Waals surface area contributed by atoms with Crippen LogP contribution in [0.4, 0.5) is 4.79 Å². The minimum Gasteiger partial charge on any atom is -0.480 e. The van der Waals surface area contributed by atoms with Gasteiger partial charge in [-0.3, -0.25) is 4.79 Å². The monoisotopic (exact) mass is 330 g/mol. The molecule has 0 unspecified atom stereocenters. The van der Waals surface area contributed by atoms with Gasteiger partial charge in [-0.2, -0.15) is 0 Å². The number of carbonyl (C=O) groups excluding carboxylic acids is 2. The Morgan fingerprint density at radius 2 is 1.70 bits per heavy atom. The minimum absolute atomic E-state index is 0.296. The highest BCUT2D eigenvalue weighted by molar-refractivity contribution is 5.88. The van der Waals surface area contributed by atoms with Crippen LogP contribution in [-0.2, 0) is 9.59 Å². The average molecular weight is 330 g/mol. The zero-order chi connectivity index (χ0) is 17.8. The van der Waals surface area contributed by atoms with Crippen LogP contribution in [0.2, 0.25) is 0 Å². The lowest BCUT2D eigenvalue weighted by atomic mass is 10.1. The molecule has 0 saturated heterocycles. The summed E-state index contributed by atoms with van der Waals surface area (Å²) in [6.45, 7) is 6.68. The third-order valence-electron chi connectivity index (χ3n) is 3.31. The van der Waals surface area contributed by atoms with Crippen molar-refractivity contribution in [1.29, 1.82) is 0 Å². The molecule has 0 spiro atoms.